The highest BCUT2D eigenvalue weighted by Gasteiger charge is 2.14. The van der Waals surface area contributed by atoms with Crippen LogP contribution in [0.5, 0.6) is 0 Å². The van der Waals surface area contributed by atoms with Crippen molar-refractivity contribution in [3.63, 3.8) is 0 Å². The quantitative estimate of drug-likeness (QED) is 0.534. The van der Waals surface area contributed by atoms with Crippen LogP contribution in [0.2, 0.25) is 25.7 Å². The number of imidazole rings is 1. The highest BCUT2D eigenvalue weighted by molar-refractivity contribution is 6.76. The Kier molecular flexibility index (Phi) is 3.53. The summed E-state index contributed by atoms with van der Waals surface area (Å²) in [4.78, 5) is 0. The summed E-state index contributed by atoms with van der Waals surface area (Å²) in [6.45, 7) is 10.7. The predicted molar refractivity (Wildman–Crippen MR) is 63.1 cm³/mol. The van der Waals surface area contributed by atoms with Crippen LogP contribution in [0.3, 0.4) is 0 Å². The van der Waals surface area contributed by atoms with Crippen LogP contribution in [0.1, 0.15) is 12.2 Å². The van der Waals surface area contributed by atoms with Gasteiger partial charge in [0.1, 0.15) is 12.4 Å². The number of hydrogen-bond acceptors (Lipinski definition) is 0. The first-order valence-corrected chi connectivity index (χ1v) is 9.12. The van der Waals surface area contributed by atoms with E-state index in [-0.39, 0.29) is 0 Å². The highest BCUT2D eigenvalue weighted by Crippen LogP contribution is 2.12. The monoisotopic (exact) mass is 211 g/mol. The first-order valence-electron chi connectivity index (χ1n) is 5.41. The molecule has 0 radical (unpaired) electrons. The Morgan fingerprint density at radius 1 is 1.36 bits per heavy atom. The van der Waals surface area contributed by atoms with Crippen molar-refractivity contribution >= 4 is 8.07 Å². The fourth-order valence-electron chi connectivity index (χ4n) is 1.61. The molecule has 2 nitrogen and oxygen atoms in total. The smallest absolute Gasteiger partial charge is 0.237 e. The average molecular weight is 211 g/mol. The van der Waals surface area contributed by atoms with E-state index >= 15 is 0 Å². The Hall–Kier alpha value is -0.573. The standard InChI is InChI=1S/C11H23N2Si/c1-11-12(2)8-9-13(11)7-6-10-14(3,4)5/h8-9H,6-7,10H2,1-5H3/q+1. The van der Waals surface area contributed by atoms with Gasteiger partial charge < -0.3 is 0 Å². The molecule has 0 aliphatic heterocycles. The third kappa shape index (κ3) is 3.29. The van der Waals surface area contributed by atoms with Crippen molar-refractivity contribution < 1.29 is 4.57 Å². The Morgan fingerprint density at radius 2 is 2.00 bits per heavy atom. The highest BCUT2D eigenvalue weighted by atomic mass is 28.3. The summed E-state index contributed by atoms with van der Waals surface area (Å²) in [5, 5.41) is 0. The second kappa shape index (κ2) is 4.30. The van der Waals surface area contributed by atoms with Gasteiger partial charge in [-0.2, -0.15) is 0 Å². The van der Waals surface area contributed by atoms with Gasteiger partial charge in [0, 0.05) is 15.0 Å². The summed E-state index contributed by atoms with van der Waals surface area (Å²) in [6, 6.07) is 1.42. The lowest BCUT2D eigenvalue weighted by molar-refractivity contribution is -0.677. The van der Waals surface area contributed by atoms with Crippen molar-refractivity contribution in [2.75, 3.05) is 0 Å². The fraction of sp³-hybridized carbons (Fsp3) is 0.727. The lowest BCUT2D eigenvalue weighted by Gasteiger charge is -2.14. The second-order valence-electron chi connectivity index (χ2n) is 5.31. The molecule has 0 saturated carbocycles. The van der Waals surface area contributed by atoms with Gasteiger partial charge in [-0.25, -0.2) is 9.13 Å². The minimum absolute atomic E-state index is 0.842. The van der Waals surface area contributed by atoms with Gasteiger partial charge in [0.15, 0.2) is 0 Å². The molecule has 0 amide bonds. The largest absolute Gasteiger partial charge is 0.253 e. The summed E-state index contributed by atoms with van der Waals surface area (Å²) < 4.78 is 4.52. The summed E-state index contributed by atoms with van der Waals surface area (Å²) in [6.07, 6.45) is 5.63. The molecule has 0 fully saturated rings. The molecule has 0 aliphatic carbocycles. The molecule has 1 rings (SSSR count). The van der Waals surface area contributed by atoms with E-state index in [9.17, 15) is 0 Å². The Balaban J connectivity index is 2.43. The van der Waals surface area contributed by atoms with Crippen molar-refractivity contribution in [1.82, 2.24) is 4.57 Å². The molecular weight excluding hydrogens is 188 g/mol. The molecule has 0 N–H and O–H groups in total. The maximum Gasteiger partial charge on any atom is 0.253 e. The van der Waals surface area contributed by atoms with E-state index in [0.29, 0.717) is 0 Å². The molecule has 0 atom stereocenters. The number of hydrogen-bond donors (Lipinski definition) is 0. The molecule has 0 bridgehead atoms. The van der Waals surface area contributed by atoms with Crippen molar-refractivity contribution in [2.24, 2.45) is 7.05 Å². The Morgan fingerprint density at radius 3 is 2.43 bits per heavy atom. The zero-order chi connectivity index (χ0) is 10.8. The van der Waals surface area contributed by atoms with Crippen LogP contribution in [-0.4, -0.2) is 12.6 Å². The molecule has 0 aliphatic rings. The fourth-order valence-corrected chi connectivity index (χ4v) is 2.83. The van der Waals surface area contributed by atoms with Gasteiger partial charge in [-0.3, -0.25) is 0 Å². The maximum atomic E-state index is 2.44. The minimum atomic E-state index is -0.842. The summed E-state index contributed by atoms with van der Waals surface area (Å²) in [7, 11) is 1.26. The molecule has 3 heteroatoms. The SMILES string of the molecule is Cc1n(CCC[Si](C)(C)C)cc[n+]1C. The molecule has 80 valence electrons. The van der Waals surface area contributed by atoms with Crippen LogP contribution in [0.25, 0.3) is 0 Å². The minimum Gasteiger partial charge on any atom is -0.237 e. The molecular formula is C11H23N2Si+. The lowest BCUT2D eigenvalue weighted by Crippen LogP contribution is -2.29. The third-order valence-corrected chi connectivity index (χ3v) is 4.58. The summed E-state index contributed by atoms with van der Waals surface area (Å²) >= 11 is 0. The number of aryl methyl sites for hydroxylation is 2. The van der Waals surface area contributed by atoms with Crippen molar-refractivity contribution in [3.05, 3.63) is 18.2 Å². The van der Waals surface area contributed by atoms with Crippen LogP contribution in [0, 0.1) is 6.92 Å². The van der Waals surface area contributed by atoms with Gasteiger partial charge in [-0.05, 0) is 6.42 Å². The summed E-state index contributed by atoms with van der Waals surface area (Å²) in [5.41, 5.74) is 0. The number of rotatable bonds is 4. The Labute approximate surface area is 88.6 Å². The Bertz CT molecular complexity index is 297. The van der Waals surface area contributed by atoms with Crippen LogP contribution in [0.4, 0.5) is 0 Å². The molecule has 14 heavy (non-hydrogen) atoms. The van der Waals surface area contributed by atoms with E-state index < -0.39 is 8.07 Å². The van der Waals surface area contributed by atoms with E-state index in [1.54, 1.807) is 0 Å². The van der Waals surface area contributed by atoms with Gasteiger partial charge in [0.25, 0.3) is 5.82 Å². The molecule has 0 saturated heterocycles. The molecule has 1 heterocycles. The van der Waals surface area contributed by atoms with E-state index in [0.717, 1.165) is 0 Å². The summed E-state index contributed by atoms with van der Waals surface area (Å²) in [5.74, 6) is 1.35. The lowest BCUT2D eigenvalue weighted by atomic mass is 10.4. The normalized spacial score (nSPS) is 12.1. The van der Waals surface area contributed by atoms with E-state index in [2.05, 4.69) is 55.1 Å². The second-order valence-corrected chi connectivity index (χ2v) is 10.9. The average Bonchev–Trinajstić information content (AvgIpc) is 2.33. The van der Waals surface area contributed by atoms with Crippen LogP contribution in [-0.2, 0) is 13.6 Å². The van der Waals surface area contributed by atoms with Gasteiger partial charge in [0.2, 0.25) is 0 Å². The molecule has 1 aromatic heterocycles. The molecule has 0 spiro atoms. The van der Waals surface area contributed by atoms with E-state index in [1.807, 2.05) is 0 Å². The zero-order valence-corrected chi connectivity index (χ0v) is 11.2. The van der Waals surface area contributed by atoms with Crippen LogP contribution in [0.15, 0.2) is 12.4 Å². The van der Waals surface area contributed by atoms with Crippen molar-refractivity contribution in [3.8, 4) is 0 Å². The van der Waals surface area contributed by atoms with E-state index in [1.165, 1.54) is 24.8 Å². The van der Waals surface area contributed by atoms with Gasteiger partial charge >= 0.3 is 0 Å². The van der Waals surface area contributed by atoms with Crippen molar-refractivity contribution in [1.29, 1.82) is 0 Å². The number of nitrogens with zero attached hydrogens (tertiary/aromatic N) is 2. The van der Waals surface area contributed by atoms with E-state index in [4.69, 9.17) is 0 Å². The molecule has 1 aromatic rings. The van der Waals surface area contributed by atoms with Crippen molar-refractivity contribution in [2.45, 2.75) is 45.6 Å². The first-order chi connectivity index (χ1) is 6.40. The number of aromatic nitrogens is 2. The molecule has 0 aromatic carbocycles. The van der Waals surface area contributed by atoms with Gasteiger partial charge in [-0.15, -0.1) is 0 Å². The third-order valence-electron chi connectivity index (χ3n) is 2.72. The van der Waals surface area contributed by atoms with Crippen LogP contribution >= 0.6 is 0 Å². The molecule has 0 unspecified atom stereocenters. The maximum absolute atomic E-state index is 2.44. The topological polar surface area (TPSA) is 8.81 Å². The van der Waals surface area contributed by atoms with Gasteiger partial charge in [-0.1, -0.05) is 25.7 Å². The zero-order valence-electron chi connectivity index (χ0n) is 10.2. The van der Waals surface area contributed by atoms with Crippen LogP contribution < -0.4 is 4.57 Å². The van der Waals surface area contributed by atoms with Gasteiger partial charge in [0.05, 0.1) is 13.6 Å². The first kappa shape index (κ1) is 11.5. The predicted octanol–water partition coefficient (Wildman–Crippen LogP) is 2.35.